The zero-order valence-corrected chi connectivity index (χ0v) is 20.5. The molecule has 8 nitrogen and oxygen atoms in total. The number of imidazole rings is 1. The molecule has 0 fully saturated rings. The summed E-state index contributed by atoms with van der Waals surface area (Å²) in [4.78, 5) is 16.8. The summed E-state index contributed by atoms with van der Waals surface area (Å²) in [6, 6.07) is 7.55. The Labute approximate surface area is 215 Å². The van der Waals surface area contributed by atoms with Gasteiger partial charge in [0.15, 0.2) is 11.3 Å². The fourth-order valence-electron chi connectivity index (χ4n) is 4.14. The van der Waals surface area contributed by atoms with Crippen molar-refractivity contribution in [1.29, 1.82) is 5.26 Å². The third kappa shape index (κ3) is 5.22. The van der Waals surface area contributed by atoms with Crippen molar-refractivity contribution in [3.8, 4) is 17.3 Å². The minimum atomic E-state index is -4.75. The third-order valence-corrected chi connectivity index (χ3v) is 5.77. The van der Waals surface area contributed by atoms with Crippen molar-refractivity contribution in [2.24, 2.45) is 0 Å². The van der Waals surface area contributed by atoms with Gasteiger partial charge in [0.25, 0.3) is 5.91 Å². The van der Waals surface area contributed by atoms with E-state index in [2.05, 4.69) is 27.3 Å². The number of aromatic nitrogens is 4. The van der Waals surface area contributed by atoms with Gasteiger partial charge < -0.3 is 10.6 Å². The number of fused-ring (bicyclic) bond motifs is 1. The number of amides is 1. The third-order valence-electron chi connectivity index (χ3n) is 5.77. The molecule has 0 aliphatic carbocycles. The van der Waals surface area contributed by atoms with E-state index < -0.39 is 23.6 Å². The number of halogens is 4. The highest BCUT2D eigenvalue weighted by Crippen LogP contribution is 2.37. The highest BCUT2D eigenvalue weighted by Gasteiger charge is 2.38. The summed E-state index contributed by atoms with van der Waals surface area (Å²) < 4.78 is 58.3. The van der Waals surface area contributed by atoms with Crippen molar-refractivity contribution >= 4 is 22.9 Å². The van der Waals surface area contributed by atoms with E-state index in [1.165, 1.54) is 22.9 Å². The average Bonchev–Trinajstić information content (AvgIpc) is 3.43. The zero-order chi connectivity index (χ0) is 27.6. The summed E-state index contributed by atoms with van der Waals surface area (Å²) in [6.45, 7) is 6.67. The van der Waals surface area contributed by atoms with Gasteiger partial charge in [-0.1, -0.05) is 6.08 Å². The molecule has 0 bridgehead atoms. The van der Waals surface area contributed by atoms with Crippen molar-refractivity contribution in [2.75, 3.05) is 5.32 Å². The summed E-state index contributed by atoms with van der Waals surface area (Å²) in [5, 5.41) is 18.2. The Morgan fingerprint density at radius 1 is 1.34 bits per heavy atom. The molecular formula is C26H23F4N7O. The van der Waals surface area contributed by atoms with Gasteiger partial charge in [0.1, 0.15) is 12.4 Å². The first-order valence-corrected chi connectivity index (χ1v) is 11.5. The number of nitrogens with zero attached hydrogens (tertiary/aromatic N) is 5. The van der Waals surface area contributed by atoms with Crippen LogP contribution in [0.4, 0.5) is 28.9 Å². The molecule has 1 amide bonds. The first-order chi connectivity index (χ1) is 18.0. The van der Waals surface area contributed by atoms with Crippen LogP contribution in [-0.2, 0) is 12.7 Å². The number of aryl methyl sites for hydroxylation is 1. The molecule has 0 saturated carbocycles. The topological polar surface area (TPSA) is 100 Å². The number of rotatable bonds is 8. The molecule has 1 atom stereocenters. The Morgan fingerprint density at radius 2 is 2.11 bits per heavy atom. The number of anilines is 2. The van der Waals surface area contributed by atoms with Crippen LogP contribution in [0, 0.1) is 24.1 Å². The van der Waals surface area contributed by atoms with E-state index in [9.17, 15) is 22.4 Å². The van der Waals surface area contributed by atoms with Crippen LogP contribution >= 0.6 is 0 Å². The van der Waals surface area contributed by atoms with Gasteiger partial charge in [-0.15, -0.1) is 6.58 Å². The molecule has 3 heterocycles. The maximum atomic E-state index is 15.0. The second-order valence-electron chi connectivity index (χ2n) is 8.68. The lowest BCUT2D eigenvalue weighted by atomic mass is 10.1. The molecule has 0 radical (unpaired) electrons. The Morgan fingerprint density at radius 3 is 2.76 bits per heavy atom. The number of hydrogen-bond acceptors (Lipinski definition) is 5. The minimum Gasteiger partial charge on any atom is -0.352 e. The molecule has 3 aromatic heterocycles. The quantitative estimate of drug-likeness (QED) is 0.230. The molecule has 1 aromatic carbocycles. The van der Waals surface area contributed by atoms with Gasteiger partial charge in [0.05, 0.1) is 34.8 Å². The number of nitriles is 1. The van der Waals surface area contributed by atoms with Crippen LogP contribution < -0.4 is 10.6 Å². The lowest BCUT2D eigenvalue weighted by Crippen LogP contribution is -2.33. The van der Waals surface area contributed by atoms with Crippen molar-refractivity contribution in [1.82, 2.24) is 24.5 Å². The van der Waals surface area contributed by atoms with Crippen LogP contribution in [0.1, 0.15) is 35.0 Å². The minimum absolute atomic E-state index is 0.0816. The maximum Gasteiger partial charge on any atom is 0.435 e. The first-order valence-electron chi connectivity index (χ1n) is 11.5. The van der Waals surface area contributed by atoms with Crippen molar-refractivity contribution in [3.63, 3.8) is 0 Å². The van der Waals surface area contributed by atoms with Crippen LogP contribution in [0.5, 0.6) is 0 Å². The fourth-order valence-corrected chi connectivity index (χ4v) is 4.14. The summed E-state index contributed by atoms with van der Waals surface area (Å²) in [6.07, 6.45) is 1.40. The van der Waals surface area contributed by atoms with E-state index in [0.717, 1.165) is 10.9 Å². The standard InChI is InChI=1S/C26H23F4N7O/c1-4-6-16(3)33-25(38)22-15(2)11-17(12-19(22)27)34-20-7-5-9-37-21(13-32-24(20)37)18-14-36(10-8-31)35-23(18)26(28,29)30/h4-5,7,9,11-14,16,34H,1,6,10H2,2-3H3,(H,33,38)/t16-/m1/s1. The van der Waals surface area contributed by atoms with E-state index in [0.29, 0.717) is 23.4 Å². The second-order valence-corrected chi connectivity index (χ2v) is 8.68. The molecule has 2 N–H and O–H groups in total. The van der Waals surface area contributed by atoms with Gasteiger partial charge in [-0.3, -0.25) is 13.9 Å². The van der Waals surface area contributed by atoms with Gasteiger partial charge in [0.2, 0.25) is 0 Å². The van der Waals surface area contributed by atoms with Crippen LogP contribution in [-0.4, -0.2) is 31.1 Å². The molecule has 0 aliphatic rings. The molecule has 0 aliphatic heterocycles. The van der Waals surface area contributed by atoms with E-state index >= 15 is 0 Å². The Bertz CT molecular complexity index is 1540. The van der Waals surface area contributed by atoms with Gasteiger partial charge in [0, 0.05) is 24.1 Å². The molecule has 196 valence electrons. The summed E-state index contributed by atoms with van der Waals surface area (Å²) in [5.41, 5.74) is 0.0547. The van der Waals surface area contributed by atoms with Gasteiger partial charge in [-0.05, 0) is 50.1 Å². The first kappa shape index (κ1) is 26.4. The number of hydrogen-bond donors (Lipinski definition) is 2. The van der Waals surface area contributed by atoms with E-state index in [1.54, 1.807) is 44.2 Å². The largest absolute Gasteiger partial charge is 0.435 e. The molecule has 38 heavy (non-hydrogen) atoms. The lowest BCUT2D eigenvalue weighted by molar-refractivity contribution is -0.141. The number of carbonyl (C=O) groups excluding carboxylic acids is 1. The lowest BCUT2D eigenvalue weighted by Gasteiger charge is -2.15. The fraction of sp³-hybridized carbons (Fsp3) is 0.231. The average molecular weight is 526 g/mol. The van der Waals surface area contributed by atoms with Crippen LogP contribution in [0.15, 0.2) is 55.5 Å². The smallest absolute Gasteiger partial charge is 0.352 e. The van der Waals surface area contributed by atoms with E-state index in [-0.39, 0.29) is 35.1 Å². The van der Waals surface area contributed by atoms with E-state index in [4.69, 9.17) is 5.26 Å². The molecule has 0 unspecified atom stereocenters. The molecule has 12 heteroatoms. The molecule has 4 aromatic rings. The Balaban J connectivity index is 1.69. The Hall–Kier alpha value is -4.66. The summed E-state index contributed by atoms with van der Waals surface area (Å²) >= 11 is 0. The van der Waals surface area contributed by atoms with Gasteiger partial charge in [-0.25, -0.2) is 9.37 Å². The maximum absolute atomic E-state index is 15.0. The molecular weight excluding hydrogens is 502 g/mol. The zero-order valence-electron chi connectivity index (χ0n) is 20.5. The van der Waals surface area contributed by atoms with Gasteiger partial charge in [-0.2, -0.15) is 23.5 Å². The number of alkyl halides is 3. The SMILES string of the molecule is C=CC[C@@H](C)NC(=O)c1c(C)cc(Nc2cccn3c(-c4cn(CC#N)nc4C(F)(F)F)cnc23)cc1F. The second kappa shape index (κ2) is 10.4. The number of nitrogens with one attached hydrogen (secondary N) is 2. The molecule has 0 saturated heterocycles. The molecule has 4 rings (SSSR count). The summed E-state index contributed by atoms with van der Waals surface area (Å²) in [7, 11) is 0. The van der Waals surface area contributed by atoms with E-state index in [1.807, 2.05) is 0 Å². The number of pyridine rings is 1. The normalized spacial score (nSPS) is 12.2. The predicted molar refractivity (Wildman–Crippen MR) is 133 cm³/mol. The number of carbonyl (C=O) groups is 1. The van der Waals surface area contributed by atoms with Crippen LogP contribution in [0.3, 0.4) is 0 Å². The molecule has 0 spiro atoms. The highest BCUT2D eigenvalue weighted by molar-refractivity contribution is 5.96. The van der Waals surface area contributed by atoms with Crippen molar-refractivity contribution < 1.29 is 22.4 Å². The van der Waals surface area contributed by atoms with Gasteiger partial charge >= 0.3 is 6.18 Å². The number of benzene rings is 1. The summed E-state index contributed by atoms with van der Waals surface area (Å²) in [5.74, 6) is -1.27. The predicted octanol–water partition coefficient (Wildman–Crippen LogP) is 5.63. The highest BCUT2D eigenvalue weighted by atomic mass is 19.4. The Kier molecular flexibility index (Phi) is 7.21. The van der Waals surface area contributed by atoms with Crippen molar-refractivity contribution in [2.45, 2.75) is 39.0 Å². The monoisotopic (exact) mass is 525 g/mol. The van der Waals surface area contributed by atoms with Crippen LogP contribution in [0.25, 0.3) is 16.9 Å². The van der Waals surface area contributed by atoms with Crippen molar-refractivity contribution in [3.05, 3.63) is 78.1 Å². The van der Waals surface area contributed by atoms with Crippen LogP contribution in [0.2, 0.25) is 0 Å².